The highest BCUT2D eigenvalue weighted by Crippen LogP contribution is 2.05. The lowest BCUT2D eigenvalue weighted by Crippen LogP contribution is -2.17. The van der Waals surface area contributed by atoms with Crippen LogP contribution in [0.2, 0.25) is 0 Å². The zero-order chi connectivity index (χ0) is 12.8. The monoisotopic (exact) mass is 244 g/mol. The third kappa shape index (κ3) is 3.17. The van der Waals surface area contributed by atoms with E-state index in [1.165, 1.54) is 11.1 Å². The van der Waals surface area contributed by atoms with Crippen molar-refractivity contribution in [1.29, 1.82) is 0 Å². The second kappa shape index (κ2) is 6.31. The van der Waals surface area contributed by atoms with Crippen molar-refractivity contribution < 1.29 is 0 Å². The Balaban J connectivity index is 1.88. The molecule has 0 unspecified atom stereocenters. The zero-order valence-corrected chi connectivity index (χ0v) is 11.1. The molecule has 0 bridgehead atoms. The third-order valence-electron chi connectivity index (χ3n) is 3.00. The fourth-order valence-electron chi connectivity index (χ4n) is 1.96. The molecule has 0 aliphatic heterocycles. The smallest absolute Gasteiger partial charge is 0.122 e. The van der Waals surface area contributed by atoms with Crippen LogP contribution in [0.25, 0.3) is 0 Å². The molecular formula is C14H20N4. The molecule has 2 aromatic heterocycles. The first kappa shape index (κ1) is 12.8. The Bertz CT molecular complexity index is 490. The highest BCUT2D eigenvalue weighted by Gasteiger charge is 2.02. The van der Waals surface area contributed by atoms with Crippen molar-refractivity contribution in [2.45, 2.75) is 39.9 Å². The van der Waals surface area contributed by atoms with Crippen molar-refractivity contribution in [2.75, 3.05) is 0 Å². The summed E-state index contributed by atoms with van der Waals surface area (Å²) in [6.07, 6.45) is 8.77. The summed E-state index contributed by atoms with van der Waals surface area (Å²) >= 11 is 0. The van der Waals surface area contributed by atoms with E-state index in [2.05, 4.69) is 39.8 Å². The number of aromatic nitrogens is 3. The van der Waals surface area contributed by atoms with Gasteiger partial charge in [0.2, 0.25) is 0 Å². The van der Waals surface area contributed by atoms with E-state index in [-0.39, 0.29) is 0 Å². The van der Waals surface area contributed by atoms with E-state index in [9.17, 15) is 0 Å². The lowest BCUT2D eigenvalue weighted by atomic mass is 10.1. The van der Waals surface area contributed by atoms with E-state index in [1.54, 1.807) is 0 Å². The number of nitrogens with zero attached hydrogens (tertiary/aromatic N) is 3. The summed E-state index contributed by atoms with van der Waals surface area (Å²) in [6, 6.07) is 2.06. The Hall–Kier alpha value is -1.68. The molecule has 0 aromatic carbocycles. The quantitative estimate of drug-likeness (QED) is 0.847. The standard InChI is InChI=1S/C14H20N4/c1-3-7-18-8-6-17-14(18)11-16-10-13-4-5-15-9-12(13)2/h4-6,8-9,16H,3,7,10-11H2,1-2H3. The van der Waals surface area contributed by atoms with Crippen molar-refractivity contribution in [2.24, 2.45) is 0 Å². The van der Waals surface area contributed by atoms with Crippen LogP contribution in [-0.2, 0) is 19.6 Å². The van der Waals surface area contributed by atoms with Crippen molar-refractivity contribution >= 4 is 0 Å². The van der Waals surface area contributed by atoms with E-state index in [0.717, 1.165) is 31.9 Å². The normalized spacial score (nSPS) is 10.8. The second-order valence-electron chi connectivity index (χ2n) is 4.44. The molecule has 2 heterocycles. The van der Waals surface area contributed by atoms with Gasteiger partial charge in [0.05, 0.1) is 6.54 Å². The molecule has 0 aliphatic carbocycles. The first-order valence-corrected chi connectivity index (χ1v) is 6.41. The van der Waals surface area contributed by atoms with Gasteiger partial charge in [0.25, 0.3) is 0 Å². The number of hydrogen-bond acceptors (Lipinski definition) is 3. The average Bonchev–Trinajstić information content (AvgIpc) is 2.80. The van der Waals surface area contributed by atoms with Crippen LogP contribution in [0.3, 0.4) is 0 Å². The predicted molar refractivity (Wildman–Crippen MR) is 72.0 cm³/mol. The van der Waals surface area contributed by atoms with Gasteiger partial charge in [-0.3, -0.25) is 4.98 Å². The van der Waals surface area contributed by atoms with Crippen LogP contribution in [0.5, 0.6) is 0 Å². The molecule has 18 heavy (non-hydrogen) atoms. The van der Waals surface area contributed by atoms with Crippen LogP contribution in [0, 0.1) is 6.92 Å². The summed E-state index contributed by atoms with van der Waals surface area (Å²) in [5.41, 5.74) is 2.51. The highest BCUT2D eigenvalue weighted by molar-refractivity contribution is 5.21. The minimum absolute atomic E-state index is 0.800. The number of rotatable bonds is 6. The molecular weight excluding hydrogens is 224 g/mol. The number of pyridine rings is 1. The lowest BCUT2D eigenvalue weighted by molar-refractivity contribution is 0.587. The van der Waals surface area contributed by atoms with Crippen LogP contribution in [0.15, 0.2) is 30.9 Å². The van der Waals surface area contributed by atoms with Crippen molar-refractivity contribution in [3.63, 3.8) is 0 Å². The molecule has 2 rings (SSSR count). The van der Waals surface area contributed by atoms with Gasteiger partial charge in [-0.25, -0.2) is 4.98 Å². The Morgan fingerprint density at radius 3 is 2.94 bits per heavy atom. The molecule has 0 spiro atoms. The summed E-state index contributed by atoms with van der Waals surface area (Å²) in [4.78, 5) is 8.47. The highest BCUT2D eigenvalue weighted by atomic mass is 15.1. The van der Waals surface area contributed by atoms with Crippen LogP contribution >= 0.6 is 0 Å². The molecule has 0 saturated carbocycles. The van der Waals surface area contributed by atoms with Crippen LogP contribution < -0.4 is 5.32 Å². The van der Waals surface area contributed by atoms with Gasteiger partial charge >= 0.3 is 0 Å². The molecule has 0 saturated heterocycles. The molecule has 0 fully saturated rings. The number of nitrogens with one attached hydrogen (secondary N) is 1. The third-order valence-corrected chi connectivity index (χ3v) is 3.00. The summed E-state index contributed by atoms with van der Waals surface area (Å²) in [5, 5.41) is 3.43. The zero-order valence-electron chi connectivity index (χ0n) is 11.1. The SMILES string of the molecule is CCCn1ccnc1CNCc1ccncc1C. The minimum Gasteiger partial charge on any atom is -0.334 e. The number of imidazole rings is 1. The van der Waals surface area contributed by atoms with Crippen LogP contribution in [-0.4, -0.2) is 14.5 Å². The van der Waals surface area contributed by atoms with E-state index in [4.69, 9.17) is 0 Å². The van der Waals surface area contributed by atoms with Crippen molar-refractivity contribution in [1.82, 2.24) is 19.9 Å². The van der Waals surface area contributed by atoms with E-state index >= 15 is 0 Å². The summed E-state index contributed by atoms with van der Waals surface area (Å²) < 4.78 is 2.20. The Labute approximate surface area is 108 Å². The predicted octanol–water partition coefficient (Wildman–Crippen LogP) is 2.29. The Morgan fingerprint density at radius 1 is 1.28 bits per heavy atom. The van der Waals surface area contributed by atoms with E-state index in [1.807, 2.05) is 24.8 Å². The van der Waals surface area contributed by atoms with Gasteiger partial charge in [-0.15, -0.1) is 0 Å². The maximum absolute atomic E-state index is 4.38. The summed E-state index contributed by atoms with van der Waals surface area (Å²) in [7, 11) is 0. The molecule has 4 nitrogen and oxygen atoms in total. The van der Waals surface area contributed by atoms with Gasteiger partial charge in [0, 0.05) is 37.9 Å². The van der Waals surface area contributed by atoms with Crippen molar-refractivity contribution in [3.8, 4) is 0 Å². The number of hydrogen-bond donors (Lipinski definition) is 1. The average molecular weight is 244 g/mol. The molecule has 4 heteroatoms. The molecule has 0 amide bonds. The molecule has 2 aromatic rings. The van der Waals surface area contributed by atoms with E-state index < -0.39 is 0 Å². The topological polar surface area (TPSA) is 42.7 Å². The van der Waals surface area contributed by atoms with Gasteiger partial charge in [0.15, 0.2) is 0 Å². The molecule has 0 atom stereocenters. The largest absolute Gasteiger partial charge is 0.334 e. The fourth-order valence-corrected chi connectivity index (χ4v) is 1.96. The Morgan fingerprint density at radius 2 is 2.17 bits per heavy atom. The van der Waals surface area contributed by atoms with Gasteiger partial charge in [-0.2, -0.15) is 0 Å². The molecule has 96 valence electrons. The number of aryl methyl sites for hydroxylation is 2. The summed E-state index contributed by atoms with van der Waals surface area (Å²) in [6.45, 7) is 6.95. The minimum atomic E-state index is 0.800. The van der Waals surface area contributed by atoms with Crippen LogP contribution in [0.4, 0.5) is 0 Å². The second-order valence-corrected chi connectivity index (χ2v) is 4.44. The maximum Gasteiger partial charge on any atom is 0.122 e. The first-order valence-electron chi connectivity index (χ1n) is 6.41. The molecule has 0 aliphatic rings. The van der Waals surface area contributed by atoms with Gasteiger partial charge in [0.1, 0.15) is 5.82 Å². The summed E-state index contributed by atoms with van der Waals surface area (Å²) in [5.74, 6) is 1.10. The van der Waals surface area contributed by atoms with Gasteiger partial charge < -0.3 is 9.88 Å². The first-order chi connectivity index (χ1) is 8.81. The maximum atomic E-state index is 4.38. The van der Waals surface area contributed by atoms with Gasteiger partial charge in [-0.05, 0) is 30.5 Å². The van der Waals surface area contributed by atoms with E-state index in [0.29, 0.717) is 0 Å². The van der Waals surface area contributed by atoms with Crippen molar-refractivity contribution in [3.05, 3.63) is 47.8 Å². The molecule has 1 N–H and O–H groups in total. The Kier molecular flexibility index (Phi) is 4.47. The molecule has 0 radical (unpaired) electrons. The van der Waals surface area contributed by atoms with Crippen LogP contribution in [0.1, 0.15) is 30.3 Å². The lowest BCUT2D eigenvalue weighted by Gasteiger charge is -2.09. The van der Waals surface area contributed by atoms with Gasteiger partial charge in [-0.1, -0.05) is 6.92 Å². The fraction of sp³-hybridized carbons (Fsp3) is 0.429.